The van der Waals surface area contributed by atoms with Crippen LogP contribution < -0.4 is 14.8 Å². The van der Waals surface area contributed by atoms with Gasteiger partial charge < -0.3 is 19.5 Å². The molecule has 31 heavy (non-hydrogen) atoms. The van der Waals surface area contributed by atoms with E-state index in [1.165, 1.54) is 4.90 Å². The van der Waals surface area contributed by atoms with Crippen molar-refractivity contribution in [2.45, 2.75) is 57.9 Å². The summed E-state index contributed by atoms with van der Waals surface area (Å²) in [6.07, 6.45) is 4.05. The molecule has 0 bridgehead atoms. The number of nitrogens with zero attached hydrogens (tertiary/aromatic N) is 3. The molecule has 2 aromatic rings. The maximum atomic E-state index is 12.8. The van der Waals surface area contributed by atoms with Gasteiger partial charge in [-0.25, -0.2) is 4.79 Å². The number of fused-ring (bicyclic) bond motifs is 1. The molecule has 0 aliphatic carbocycles. The van der Waals surface area contributed by atoms with Crippen molar-refractivity contribution in [3.8, 4) is 11.5 Å². The van der Waals surface area contributed by atoms with Gasteiger partial charge in [-0.3, -0.25) is 14.4 Å². The van der Waals surface area contributed by atoms with E-state index in [0.717, 1.165) is 12.2 Å². The molecule has 2 aliphatic rings. The van der Waals surface area contributed by atoms with Gasteiger partial charge in [-0.05, 0) is 45.7 Å². The Morgan fingerprint density at radius 1 is 1.26 bits per heavy atom. The van der Waals surface area contributed by atoms with Crippen LogP contribution in [0.5, 0.6) is 11.5 Å². The summed E-state index contributed by atoms with van der Waals surface area (Å²) in [5.41, 5.74) is -0.0362. The van der Waals surface area contributed by atoms with Gasteiger partial charge in [0.2, 0.25) is 5.91 Å². The molecule has 3 heterocycles. The lowest BCUT2D eigenvalue weighted by atomic mass is 10.2. The van der Waals surface area contributed by atoms with Crippen LogP contribution in [-0.2, 0) is 16.1 Å². The molecular formula is C22H28N4O5. The highest BCUT2D eigenvalue weighted by Gasteiger charge is 2.36. The number of benzene rings is 1. The largest absolute Gasteiger partial charge is 0.486 e. The van der Waals surface area contributed by atoms with Gasteiger partial charge in [-0.2, -0.15) is 5.10 Å². The number of likely N-dealkylation sites (tertiary alicyclic amines) is 1. The standard InChI is InChI=1S/C22H28N4O5/c1-22(2,3)31-21(28)26-10-6-7-17(26)20(27)24-15-11-23-25(12-15)13-16-14-29-18-8-4-5-9-19(18)30-16/h4-5,8-9,11-12,16-17H,6-7,10,13-14H2,1-3H3,(H,24,27). The van der Waals surface area contributed by atoms with Crippen LogP contribution in [-0.4, -0.2) is 57.6 Å². The molecule has 9 heteroatoms. The number of para-hydroxylation sites is 2. The molecule has 2 amide bonds. The van der Waals surface area contributed by atoms with E-state index in [1.807, 2.05) is 45.0 Å². The highest BCUT2D eigenvalue weighted by atomic mass is 16.6. The smallest absolute Gasteiger partial charge is 0.410 e. The predicted octanol–water partition coefficient (Wildman–Crippen LogP) is 3.06. The number of hydrogen-bond acceptors (Lipinski definition) is 6. The first-order valence-corrected chi connectivity index (χ1v) is 10.5. The van der Waals surface area contributed by atoms with Gasteiger partial charge in [0, 0.05) is 12.7 Å². The second-order valence-corrected chi connectivity index (χ2v) is 8.77. The monoisotopic (exact) mass is 428 g/mol. The fourth-order valence-corrected chi connectivity index (χ4v) is 3.69. The topological polar surface area (TPSA) is 94.9 Å². The quantitative estimate of drug-likeness (QED) is 0.804. The molecule has 9 nitrogen and oxygen atoms in total. The third-order valence-corrected chi connectivity index (χ3v) is 5.04. The normalized spacial score (nSPS) is 20.4. The minimum atomic E-state index is -0.604. The van der Waals surface area contributed by atoms with Gasteiger partial charge in [-0.15, -0.1) is 0 Å². The van der Waals surface area contributed by atoms with E-state index < -0.39 is 17.7 Å². The number of carbonyl (C=O) groups is 2. The molecule has 1 N–H and O–H groups in total. The van der Waals surface area contributed by atoms with Crippen LogP contribution in [0.4, 0.5) is 10.5 Å². The summed E-state index contributed by atoms with van der Waals surface area (Å²) in [4.78, 5) is 26.7. The number of nitrogens with one attached hydrogen (secondary N) is 1. The van der Waals surface area contributed by atoms with Crippen molar-refractivity contribution in [3.63, 3.8) is 0 Å². The summed E-state index contributed by atoms with van der Waals surface area (Å²) in [6, 6.07) is 6.99. The molecule has 2 atom stereocenters. The molecule has 0 spiro atoms. The van der Waals surface area contributed by atoms with E-state index in [4.69, 9.17) is 14.2 Å². The maximum absolute atomic E-state index is 12.8. The average molecular weight is 428 g/mol. The van der Waals surface area contributed by atoms with Crippen LogP contribution in [0.2, 0.25) is 0 Å². The van der Waals surface area contributed by atoms with Gasteiger partial charge in [0.05, 0.1) is 18.4 Å². The molecule has 2 unspecified atom stereocenters. The van der Waals surface area contributed by atoms with E-state index in [1.54, 1.807) is 17.1 Å². The maximum Gasteiger partial charge on any atom is 0.410 e. The van der Waals surface area contributed by atoms with Crippen LogP contribution >= 0.6 is 0 Å². The number of ether oxygens (including phenoxy) is 3. The van der Waals surface area contributed by atoms with Gasteiger partial charge in [0.25, 0.3) is 0 Å². The van der Waals surface area contributed by atoms with Crippen molar-refractivity contribution >= 4 is 17.7 Å². The Morgan fingerprint density at radius 2 is 2.03 bits per heavy atom. The number of rotatable bonds is 4. The highest BCUT2D eigenvalue weighted by molar-refractivity contribution is 5.96. The summed E-state index contributed by atoms with van der Waals surface area (Å²) in [7, 11) is 0. The van der Waals surface area contributed by atoms with Crippen molar-refractivity contribution in [3.05, 3.63) is 36.7 Å². The summed E-state index contributed by atoms with van der Waals surface area (Å²) >= 11 is 0. The van der Waals surface area contributed by atoms with E-state index in [2.05, 4.69) is 10.4 Å². The van der Waals surface area contributed by atoms with E-state index in [9.17, 15) is 9.59 Å². The SMILES string of the molecule is CC(C)(C)OC(=O)N1CCCC1C(=O)Nc1cnn(CC2COc3ccccc3O2)c1. The Morgan fingerprint density at radius 3 is 2.81 bits per heavy atom. The van der Waals surface area contributed by atoms with Crippen molar-refractivity contribution in [2.24, 2.45) is 0 Å². The lowest BCUT2D eigenvalue weighted by molar-refractivity contribution is -0.120. The van der Waals surface area contributed by atoms with Gasteiger partial charge in [0.15, 0.2) is 17.6 Å². The number of aromatic nitrogens is 2. The number of anilines is 1. The van der Waals surface area contributed by atoms with Crippen molar-refractivity contribution in [2.75, 3.05) is 18.5 Å². The van der Waals surface area contributed by atoms with E-state index in [0.29, 0.717) is 37.6 Å². The van der Waals surface area contributed by atoms with Crippen LogP contribution in [0.15, 0.2) is 36.7 Å². The molecule has 2 aliphatic heterocycles. The van der Waals surface area contributed by atoms with Crippen molar-refractivity contribution in [1.29, 1.82) is 0 Å². The lowest BCUT2D eigenvalue weighted by Gasteiger charge is -2.27. The van der Waals surface area contributed by atoms with Crippen LogP contribution in [0.3, 0.4) is 0 Å². The van der Waals surface area contributed by atoms with E-state index >= 15 is 0 Å². The third kappa shape index (κ3) is 5.10. The average Bonchev–Trinajstić information content (AvgIpc) is 3.36. The fraction of sp³-hybridized carbons (Fsp3) is 0.500. The van der Waals surface area contributed by atoms with Crippen LogP contribution in [0.1, 0.15) is 33.6 Å². The molecule has 166 valence electrons. The minimum Gasteiger partial charge on any atom is -0.486 e. The molecule has 0 saturated carbocycles. The molecule has 1 fully saturated rings. The first-order chi connectivity index (χ1) is 14.8. The Hall–Kier alpha value is -3.23. The van der Waals surface area contributed by atoms with Crippen molar-refractivity contribution in [1.82, 2.24) is 14.7 Å². The minimum absolute atomic E-state index is 0.184. The summed E-state index contributed by atoms with van der Waals surface area (Å²) in [5, 5.41) is 7.17. The molecular weight excluding hydrogens is 400 g/mol. The molecule has 1 saturated heterocycles. The Balaban J connectivity index is 1.33. The van der Waals surface area contributed by atoms with Crippen LogP contribution in [0.25, 0.3) is 0 Å². The zero-order chi connectivity index (χ0) is 22.0. The second-order valence-electron chi connectivity index (χ2n) is 8.77. The molecule has 1 aromatic carbocycles. The lowest BCUT2D eigenvalue weighted by Crippen LogP contribution is -2.45. The van der Waals surface area contributed by atoms with Gasteiger partial charge in [0.1, 0.15) is 18.2 Å². The first-order valence-electron chi connectivity index (χ1n) is 10.5. The van der Waals surface area contributed by atoms with Gasteiger partial charge >= 0.3 is 6.09 Å². The number of carbonyl (C=O) groups excluding carboxylic acids is 2. The molecule has 0 radical (unpaired) electrons. The number of amides is 2. The Kier molecular flexibility index (Phi) is 5.75. The zero-order valence-electron chi connectivity index (χ0n) is 18.0. The van der Waals surface area contributed by atoms with E-state index in [-0.39, 0.29) is 12.0 Å². The Bertz CT molecular complexity index is 951. The number of hydrogen-bond donors (Lipinski definition) is 1. The summed E-state index contributed by atoms with van der Waals surface area (Å²) in [5.74, 6) is 1.20. The van der Waals surface area contributed by atoms with Crippen molar-refractivity contribution < 1.29 is 23.8 Å². The Labute approximate surface area is 181 Å². The third-order valence-electron chi connectivity index (χ3n) is 5.04. The second kappa shape index (κ2) is 8.49. The fourth-order valence-electron chi connectivity index (χ4n) is 3.69. The summed E-state index contributed by atoms with van der Waals surface area (Å²) in [6.45, 7) is 6.84. The predicted molar refractivity (Wildman–Crippen MR) is 113 cm³/mol. The first kappa shape index (κ1) is 21.0. The van der Waals surface area contributed by atoms with Crippen LogP contribution in [0, 0.1) is 0 Å². The highest BCUT2D eigenvalue weighted by Crippen LogP contribution is 2.31. The zero-order valence-corrected chi connectivity index (χ0v) is 18.0. The molecule has 4 rings (SSSR count). The van der Waals surface area contributed by atoms with Gasteiger partial charge in [-0.1, -0.05) is 12.1 Å². The molecule has 1 aromatic heterocycles. The summed E-state index contributed by atoms with van der Waals surface area (Å²) < 4.78 is 18.8.